The van der Waals surface area contributed by atoms with Gasteiger partial charge >= 0.3 is 6.18 Å². The average molecular weight is 229 g/mol. The highest BCUT2D eigenvalue weighted by molar-refractivity contribution is 5.92. The van der Waals surface area contributed by atoms with Crippen LogP contribution in [0.2, 0.25) is 0 Å². The van der Waals surface area contributed by atoms with Crippen LogP contribution in [0.1, 0.15) is 11.1 Å². The summed E-state index contributed by atoms with van der Waals surface area (Å²) >= 11 is 0. The minimum atomic E-state index is -4.53. The summed E-state index contributed by atoms with van der Waals surface area (Å²) in [7, 11) is 0. The first-order valence-electron chi connectivity index (χ1n) is 4.02. The molecule has 0 unspecified atom stereocenters. The predicted molar refractivity (Wildman–Crippen MR) is 49.2 cm³/mol. The van der Waals surface area contributed by atoms with E-state index in [1.807, 2.05) is 5.92 Å². The number of alkyl halides is 3. The summed E-state index contributed by atoms with van der Waals surface area (Å²) in [6.45, 7) is 0. The van der Waals surface area contributed by atoms with Crippen LogP contribution in [0, 0.1) is 11.8 Å². The number of hydrogen-bond donors (Lipinski definition) is 2. The van der Waals surface area contributed by atoms with E-state index in [1.54, 1.807) is 0 Å². The fraction of sp³-hybridized carbons (Fsp3) is 0.100. The maximum Gasteiger partial charge on any atom is 0.416 e. The van der Waals surface area contributed by atoms with Crippen molar-refractivity contribution < 1.29 is 23.1 Å². The minimum absolute atomic E-state index is 0.298. The Kier molecular flexibility index (Phi) is 3.09. The number of rotatable bonds is 0. The zero-order chi connectivity index (χ0) is 12.3. The Morgan fingerprint density at radius 1 is 1.38 bits per heavy atom. The van der Waals surface area contributed by atoms with Crippen LogP contribution in [-0.4, -0.2) is 11.0 Å². The second-order valence-corrected chi connectivity index (χ2v) is 2.84. The van der Waals surface area contributed by atoms with Crippen molar-refractivity contribution in [2.45, 2.75) is 6.18 Å². The van der Waals surface area contributed by atoms with Gasteiger partial charge in [0.2, 0.25) is 0 Å². The number of benzene rings is 1. The lowest BCUT2D eigenvalue weighted by Gasteiger charge is -2.07. The number of hydrogen-bond acceptors (Lipinski definition) is 2. The summed E-state index contributed by atoms with van der Waals surface area (Å²) in [6, 6.07) is 2.21. The third-order valence-corrected chi connectivity index (χ3v) is 1.64. The van der Waals surface area contributed by atoms with E-state index < -0.39 is 23.4 Å². The molecule has 6 heteroatoms. The Hall–Kier alpha value is -2.16. The Labute approximate surface area is 88.7 Å². The number of primary amides is 1. The highest BCUT2D eigenvalue weighted by atomic mass is 19.4. The molecule has 0 aromatic heterocycles. The molecule has 0 heterocycles. The van der Waals surface area contributed by atoms with E-state index in [-0.39, 0.29) is 5.56 Å². The lowest BCUT2D eigenvalue weighted by Crippen LogP contribution is -2.07. The number of phenolic OH excluding ortho intramolecular Hbond substituents is 1. The second kappa shape index (κ2) is 4.14. The lowest BCUT2D eigenvalue weighted by molar-refractivity contribution is -0.137. The van der Waals surface area contributed by atoms with Crippen molar-refractivity contribution >= 4 is 5.91 Å². The van der Waals surface area contributed by atoms with Gasteiger partial charge in [-0.3, -0.25) is 4.79 Å². The van der Waals surface area contributed by atoms with Crippen LogP contribution in [0.25, 0.3) is 0 Å². The Balaban J connectivity index is 3.21. The Bertz CT molecular complexity index is 483. The summed E-state index contributed by atoms with van der Waals surface area (Å²) < 4.78 is 36.8. The number of amides is 1. The normalized spacial score (nSPS) is 10.4. The van der Waals surface area contributed by atoms with Gasteiger partial charge in [-0.15, -0.1) is 0 Å². The number of aromatic hydroxyl groups is 1. The van der Waals surface area contributed by atoms with Crippen LogP contribution < -0.4 is 5.73 Å². The van der Waals surface area contributed by atoms with Crippen LogP contribution in [0.15, 0.2) is 18.2 Å². The highest BCUT2D eigenvalue weighted by Crippen LogP contribution is 2.31. The molecule has 0 aliphatic rings. The molecule has 0 aliphatic carbocycles. The molecule has 0 atom stereocenters. The molecule has 0 radical (unpaired) electrons. The molecule has 1 aromatic rings. The maximum absolute atomic E-state index is 12.3. The Morgan fingerprint density at radius 3 is 2.50 bits per heavy atom. The number of carbonyl (C=O) groups is 1. The van der Waals surface area contributed by atoms with Gasteiger partial charge in [0.1, 0.15) is 5.75 Å². The molecule has 16 heavy (non-hydrogen) atoms. The van der Waals surface area contributed by atoms with Crippen molar-refractivity contribution in [1.82, 2.24) is 0 Å². The van der Waals surface area contributed by atoms with Crippen LogP contribution in [0.3, 0.4) is 0 Å². The fourth-order valence-corrected chi connectivity index (χ4v) is 0.941. The first-order chi connectivity index (χ1) is 7.30. The Morgan fingerprint density at radius 2 is 2.00 bits per heavy atom. The van der Waals surface area contributed by atoms with Crippen molar-refractivity contribution in [3.63, 3.8) is 0 Å². The summed E-state index contributed by atoms with van der Waals surface area (Å²) in [5, 5.41) is 9.19. The van der Waals surface area contributed by atoms with Gasteiger partial charge in [0.15, 0.2) is 0 Å². The van der Waals surface area contributed by atoms with Crippen molar-refractivity contribution in [2.75, 3.05) is 0 Å². The van der Waals surface area contributed by atoms with E-state index in [0.29, 0.717) is 12.1 Å². The second-order valence-electron chi connectivity index (χ2n) is 2.84. The smallest absolute Gasteiger partial charge is 0.416 e. The van der Waals surface area contributed by atoms with E-state index in [0.717, 1.165) is 6.07 Å². The summed E-state index contributed by atoms with van der Waals surface area (Å²) in [4.78, 5) is 10.3. The first kappa shape index (κ1) is 11.9. The molecule has 0 bridgehead atoms. The molecule has 84 valence electrons. The highest BCUT2D eigenvalue weighted by Gasteiger charge is 2.30. The number of nitrogens with two attached hydrogens (primary N) is 1. The van der Waals surface area contributed by atoms with E-state index in [9.17, 15) is 23.1 Å². The third-order valence-electron chi connectivity index (χ3n) is 1.64. The monoisotopic (exact) mass is 229 g/mol. The topological polar surface area (TPSA) is 63.3 Å². The molecule has 3 nitrogen and oxygen atoms in total. The largest absolute Gasteiger partial charge is 0.507 e. The summed E-state index contributed by atoms with van der Waals surface area (Å²) in [6.07, 6.45) is -4.53. The van der Waals surface area contributed by atoms with Crippen LogP contribution in [-0.2, 0) is 11.0 Å². The molecular formula is C10H6F3NO2. The SMILES string of the molecule is NC(=O)C#Cc1cc(C(F)(F)F)ccc1O. The van der Waals surface area contributed by atoms with Crippen molar-refractivity contribution in [2.24, 2.45) is 5.73 Å². The number of halogens is 3. The first-order valence-corrected chi connectivity index (χ1v) is 4.02. The zero-order valence-corrected chi connectivity index (χ0v) is 7.80. The van der Waals surface area contributed by atoms with Gasteiger partial charge in [0.05, 0.1) is 11.1 Å². The average Bonchev–Trinajstić information content (AvgIpc) is 2.14. The quantitative estimate of drug-likeness (QED) is 0.657. The van der Waals surface area contributed by atoms with E-state index >= 15 is 0 Å². The molecule has 1 amide bonds. The molecule has 0 spiro atoms. The molecule has 0 saturated heterocycles. The van der Waals surface area contributed by atoms with Gasteiger partial charge in [0.25, 0.3) is 5.91 Å². The molecule has 0 fully saturated rings. The van der Waals surface area contributed by atoms with E-state index in [4.69, 9.17) is 5.73 Å². The van der Waals surface area contributed by atoms with Gasteiger partial charge < -0.3 is 10.8 Å². The van der Waals surface area contributed by atoms with Gasteiger partial charge in [-0.25, -0.2) is 0 Å². The van der Waals surface area contributed by atoms with E-state index in [2.05, 4.69) is 5.92 Å². The summed E-state index contributed by atoms with van der Waals surface area (Å²) in [5.74, 6) is 2.46. The van der Waals surface area contributed by atoms with Crippen LogP contribution in [0.4, 0.5) is 13.2 Å². The number of carbonyl (C=O) groups excluding carboxylic acids is 1. The van der Waals surface area contributed by atoms with Gasteiger partial charge in [0, 0.05) is 5.92 Å². The van der Waals surface area contributed by atoms with Gasteiger partial charge in [-0.1, -0.05) is 5.92 Å². The fourth-order valence-electron chi connectivity index (χ4n) is 0.941. The molecule has 1 rings (SSSR count). The van der Waals surface area contributed by atoms with Gasteiger partial charge in [-0.2, -0.15) is 13.2 Å². The molecule has 0 aliphatic heterocycles. The molecule has 3 N–H and O–H groups in total. The maximum atomic E-state index is 12.3. The van der Waals surface area contributed by atoms with Crippen LogP contribution in [0.5, 0.6) is 5.75 Å². The zero-order valence-electron chi connectivity index (χ0n) is 7.80. The molecule has 1 aromatic carbocycles. The van der Waals surface area contributed by atoms with Crippen LogP contribution >= 0.6 is 0 Å². The van der Waals surface area contributed by atoms with Crippen molar-refractivity contribution in [3.8, 4) is 17.6 Å². The van der Waals surface area contributed by atoms with Crippen molar-refractivity contribution in [1.29, 1.82) is 0 Å². The van der Waals surface area contributed by atoms with Crippen molar-refractivity contribution in [3.05, 3.63) is 29.3 Å². The van der Waals surface area contributed by atoms with Gasteiger partial charge in [-0.05, 0) is 18.2 Å². The standard InChI is InChI=1S/C10H6F3NO2/c11-10(12,13)7-2-3-8(15)6(5-7)1-4-9(14)16/h2-3,5,15H,(H2,14,16). The molecule has 0 saturated carbocycles. The predicted octanol–water partition coefficient (Wildman–Crippen LogP) is 1.25. The molecular weight excluding hydrogens is 223 g/mol. The third kappa shape index (κ3) is 2.92. The van der Waals surface area contributed by atoms with E-state index in [1.165, 1.54) is 0 Å². The summed E-state index contributed by atoms with van der Waals surface area (Å²) in [5.41, 5.74) is 3.44. The minimum Gasteiger partial charge on any atom is -0.507 e. The lowest BCUT2D eigenvalue weighted by atomic mass is 10.1. The number of phenols is 1.